The zero-order valence-corrected chi connectivity index (χ0v) is 20.4. The molecule has 0 atom stereocenters. The Morgan fingerprint density at radius 1 is 0.633 bits per heavy atom. The van der Waals surface area contributed by atoms with Gasteiger partial charge in [-0.2, -0.15) is 0 Å². The zero-order chi connectivity index (χ0) is 22.9. The Kier molecular flexibility index (Phi) is 26.9. The van der Waals surface area contributed by atoms with Crippen LogP contribution in [0.25, 0.3) is 0 Å². The lowest BCUT2D eigenvalue weighted by molar-refractivity contribution is -0.137. The average molecular weight is 429 g/mol. The molecule has 5 heteroatoms. The maximum atomic E-state index is 10.3. The summed E-state index contributed by atoms with van der Waals surface area (Å²) in [6.07, 6.45) is 20.7. The predicted octanol–water partition coefficient (Wildman–Crippen LogP) is 6.54. The van der Waals surface area contributed by atoms with Gasteiger partial charge in [-0.1, -0.05) is 111 Å². The number of nitrogens with zero attached hydrogens (tertiary/aromatic N) is 1. The van der Waals surface area contributed by atoms with Crippen molar-refractivity contribution in [3.63, 3.8) is 0 Å². The number of hydrogen-bond donors (Lipinski definition) is 2. The summed E-state index contributed by atoms with van der Waals surface area (Å²) in [5.41, 5.74) is 4.98. The van der Waals surface area contributed by atoms with E-state index in [1.807, 2.05) is 0 Å². The van der Waals surface area contributed by atoms with Gasteiger partial charge in [-0.05, 0) is 19.5 Å². The maximum Gasteiger partial charge on any atom is 0.303 e. The molecule has 0 aliphatic rings. The molecule has 3 N–H and O–H groups in total. The van der Waals surface area contributed by atoms with Crippen LogP contribution >= 0.6 is 0 Å². The highest BCUT2D eigenvalue weighted by Crippen LogP contribution is 2.13. The van der Waals surface area contributed by atoms with Crippen molar-refractivity contribution < 1.29 is 14.7 Å². The smallest absolute Gasteiger partial charge is 0.303 e. The molecule has 0 aromatic carbocycles. The van der Waals surface area contributed by atoms with E-state index < -0.39 is 5.97 Å². The lowest BCUT2D eigenvalue weighted by Gasteiger charge is -2.15. The molecule has 5 nitrogen and oxygen atoms in total. The number of rotatable bonds is 21. The van der Waals surface area contributed by atoms with E-state index in [-0.39, 0.29) is 5.91 Å². The summed E-state index contributed by atoms with van der Waals surface area (Å²) in [6.45, 7) is 9.19. The first kappa shape index (κ1) is 31.1. The lowest BCUT2D eigenvalue weighted by atomic mass is 10.0. The fourth-order valence-corrected chi connectivity index (χ4v) is 3.46. The van der Waals surface area contributed by atoms with Crippen LogP contribution in [0, 0.1) is 0 Å². The van der Waals surface area contributed by atoms with E-state index in [0.29, 0.717) is 12.8 Å². The summed E-state index contributed by atoms with van der Waals surface area (Å²) in [5.74, 6) is -0.869. The van der Waals surface area contributed by atoms with E-state index in [9.17, 15) is 9.59 Å². The second kappa shape index (κ2) is 25.9. The summed E-state index contributed by atoms with van der Waals surface area (Å²) in [4.78, 5) is 22.8. The van der Waals surface area contributed by atoms with Gasteiger partial charge in [-0.15, -0.1) is 0 Å². The molecule has 0 radical (unpaired) electrons. The minimum Gasteiger partial charge on any atom is -0.481 e. The molecule has 30 heavy (non-hydrogen) atoms. The van der Waals surface area contributed by atoms with Crippen LogP contribution in [0.4, 0.5) is 0 Å². The van der Waals surface area contributed by atoms with Crippen LogP contribution in [-0.2, 0) is 9.59 Å². The molecule has 0 rings (SSSR count). The topological polar surface area (TPSA) is 83.6 Å². The van der Waals surface area contributed by atoms with Crippen LogP contribution in [0.15, 0.2) is 0 Å². The number of amides is 1. The molecule has 0 fully saturated rings. The van der Waals surface area contributed by atoms with E-state index in [1.54, 1.807) is 0 Å². The molecule has 0 aromatic rings. The van der Waals surface area contributed by atoms with Gasteiger partial charge in [0.1, 0.15) is 0 Å². The van der Waals surface area contributed by atoms with Crippen LogP contribution in [0.3, 0.4) is 0 Å². The number of carboxylic acid groups (broad SMARTS) is 1. The molecule has 0 unspecified atom stereocenters. The summed E-state index contributed by atoms with van der Waals surface area (Å²) >= 11 is 0. The number of carboxylic acids is 1. The standard InChI is InChI=1S/C18H36O2.C7H16N2O/c1-2-3-4-5-6-7-8-9-10-11-12-13-14-15-16-17-18(19)20;1-3-9(4-2)6-5-7(8)10/h2-17H2,1H3,(H,19,20);3-6H2,1-2H3,(H2,8,10). The van der Waals surface area contributed by atoms with Gasteiger partial charge in [0.2, 0.25) is 5.91 Å². The Balaban J connectivity index is 0. The zero-order valence-electron chi connectivity index (χ0n) is 20.4. The number of carbonyl (C=O) groups is 2. The fraction of sp³-hybridized carbons (Fsp3) is 0.920. The second-order valence-corrected chi connectivity index (χ2v) is 8.34. The van der Waals surface area contributed by atoms with Crippen molar-refractivity contribution in [2.75, 3.05) is 19.6 Å². The summed E-state index contributed by atoms with van der Waals surface area (Å²) < 4.78 is 0. The van der Waals surface area contributed by atoms with Crippen LogP contribution in [0.1, 0.15) is 130 Å². The third-order valence-electron chi connectivity index (χ3n) is 5.56. The van der Waals surface area contributed by atoms with Crippen molar-refractivity contribution in [2.24, 2.45) is 5.73 Å². The summed E-state index contributed by atoms with van der Waals surface area (Å²) in [7, 11) is 0. The number of unbranched alkanes of at least 4 members (excludes halogenated alkanes) is 14. The van der Waals surface area contributed by atoms with Gasteiger partial charge in [0.25, 0.3) is 0 Å². The molecule has 0 spiro atoms. The first-order chi connectivity index (χ1) is 14.5. The predicted molar refractivity (Wildman–Crippen MR) is 129 cm³/mol. The highest BCUT2D eigenvalue weighted by Gasteiger charge is 2.00. The van der Waals surface area contributed by atoms with E-state index in [4.69, 9.17) is 10.8 Å². The van der Waals surface area contributed by atoms with Crippen molar-refractivity contribution >= 4 is 11.9 Å². The normalized spacial score (nSPS) is 10.7. The quantitative estimate of drug-likeness (QED) is 0.203. The number of carbonyl (C=O) groups excluding carboxylic acids is 1. The molecule has 0 bridgehead atoms. The second-order valence-electron chi connectivity index (χ2n) is 8.34. The SMILES string of the molecule is CCCCCCCCCCCCCCCCCC(=O)O.CCN(CC)CCC(N)=O. The Morgan fingerprint density at radius 3 is 1.30 bits per heavy atom. The van der Waals surface area contributed by atoms with E-state index >= 15 is 0 Å². The molecular weight excluding hydrogens is 376 g/mol. The fourth-order valence-electron chi connectivity index (χ4n) is 3.46. The minimum absolute atomic E-state index is 0.216. The molecule has 0 saturated carbocycles. The van der Waals surface area contributed by atoms with E-state index in [0.717, 1.165) is 32.5 Å². The molecule has 1 amide bonds. The number of primary amides is 1. The van der Waals surface area contributed by atoms with Crippen molar-refractivity contribution in [3.8, 4) is 0 Å². The van der Waals surface area contributed by atoms with Gasteiger partial charge >= 0.3 is 5.97 Å². The van der Waals surface area contributed by atoms with Gasteiger partial charge in [0.15, 0.2) is 0 Å². The molecule has 0 saturated heterocycles. The van der Waals surface area contributed by atoms with Crippen molar-refractivity contribution in [1.29, 1.82) is 0 Å². The largest absolute Gasteiger partial charge is 0.481 e. The molecule has 180 valence electrons. The highest BCUT2D eigenvalue weighted by atomic mass is 16.4. The third-order valence-corrected chi connectivity index (χ3v) is 5.56. The van der Waals surface area contributed by atoms with Crippen LogP contribution in [0.5, 0.6) is 0 Å². The highest BCUT2D eigenvalue weighted by molar-refractivity contribution is 5.73. The van der Waals surface area contributed by atoms with E-state index in [2.05, 4.69) is 25.7 Å². The monoisotopic (exact) mass is 428 g/mol. The Morgan fingerprint density at radius 2 is 1.00 bits per heavy atom. The molecule has 0 aliphatic heterocycles. The van der Waals surface area contributed by atoms with E-state index in [1.165, 1.54) is 83.5 Å². The molecule has 0 aliphatic carbocycles. The lowest BCUT2D eigenvalue weighted by Crippen LogP contribution is -2.27. The van der Waals surface area contributed by atoms with Crippen LogP contribution < -0.4 is 5.73 Å². The van der Waals surface area contributed by atoms with Crippen molar-refractivity contribution in [3.05, 3.63) is 0 Å². The minimum atomic E-state index is -0.653. The number of aliphatic carboxylic acids is 1. The van der Waals surface area contributed by atoms with Crippen molar-refractivity contribution in [2.45, 2.75) is 130 Å². The summed E-state index contributed by atoms with van der Waals surface area (Å²) in [5, 5.41) is 8.52. The number of hydrogen-bond acceptors (Lipinski definition) is 3. The first-order valence-corrected chi connectivity index (χ1v) is 12.7. The Labute approximate surface area is 187 Å². The van der Waals surface area contributed by atoms with Gasteiger partial charge in [0, 0.05) is 19.4 Å². The molecular formula is C25H52N2O3. The maximum absolute atomic E-state index is 10.3. The third kappa shape index (κ3) is 29.1. The van der Waals surface area contributed by atoms with Gasteiger partial charge in [-0.3, -0.25) is 9.59 Å². The molecule has 0 aromatic heterocycles. The first-order valence-electron chi connectivity index (χ1n) is 12.7. The van der Waals surface area contributed by atoms with Crippen molar-refractivity contribution in [1.82, 2.24) is 4.90 Å². The van der Waals surface area contributed by atoms with Crippen LogP contribution in [0.2, 0.25) is 0 Å². The van der Waals surface area contributed by atoms with Gasteiger partial charge in [-0.25, -0.2) is 0 Å². The Bertz CT molecular complexity index is 371. The Hall–Kier alpha value is -1.10. The van der Waals surface area contributed by atoms with Gasteiger partial charge in [0.05, 0.1) is 0 Å². The number of nitrogens with two attached hydrogens (primary N) is 1. The average Bonchev–Trinajstić information content (AvgIpc) is 2.71. The van der Waals surface area contributed by atoms with Crippen LogP contribution in [-0.4, -0.2) is 41.5 Å². The molecule has 0 heterocycles. The van der Waals surface area contributed by atoms with Gasteiger partial charge < -0.3 is 15.7 Å². The summed E-state index contributed by atoms with van der Waals surface area (Å²) in [6, 6.07) is 0.